The van der Waals surface area contributed by atoms with E-state index in [9.17, 15) is 15.3 Å². The van der Waals surface area contributed by atoms with Crippen molar-refractivity contribution < 1.29 is 29.5 Å². The molecule has 0 aliphatic carbocycles. The molecule has 1 aliphatic rings. The number of rotatable bonds is 4. The molecule has 3 rings (SSSR count). The van der Waals surface area contributed by atoms with Gasteiger partial charge in [0.2, 0.25) is 6.29 Å². The van der Waals surface area contributed by atoms with Crippen LogP contribution in [0.25, 0.3) is 10.8 Å². The first-order valence-corrected chi connectivity index (χ1v) is 7.86. The molecule has 6 nitrogen and oxygen atoms in total. The summed E-state index contributed by atoms with van der Waals surface area (Å²) in [6.45, 7) is 1.61. The predicted molar refractivity (Wildman–Crippen MR) is 87.9 cm³/mol. The topological polar surface area (TPSA) is 88.4 Å². The van der Waals surface area contributed by atoms with Crippen LogP contribution in [0, 0.1) is 6.92 Å². The highest BCUT2D eigenvalue weighted by Crippen LogP contribution is 2.28. The summed E-state index contributed by atoms with van der Waals surface area (Å²) in [5.74, 6) is 0.554. The lowest BCUT2D eigenvalue weighted by Gasteiger charge is -2.41. The van der Waals surface area contributed by atoms with Crippen LogP contribution in [0.3, 0.4) is 0 Å². The smallest absolute Gasteiger partial charge is 0.229 e. The van der Waals surface area contributed by atoms with Gasteiger partial charge in [0.05, 0.1) is 6.61 Å². The van der Waals surface area contributed by atoms with E-state index < -0.39 is 37.3 Å². The van der Waals surface area contributed by atoms with Crippen LogP contribution in [0.15, 0.2) is 36.4 Å². The van der Waals surface area contributed by atoms with Gasteiger partial charge in [-0.3, -0.25) is 0 Å². The zero-order valence-corrected chi connectivity index (χ0v) is 13.6. The monoisotopic (exact) mass is 334 g/mol. The molecule has 130 valence electrons. The molecule has 1 saturated heterocycles. The molecular formula is C18H22O6. The maximum absolute atomic E-state index is 10.1. The lowest BCUT2D eigenvalue weighted by Crippen LogP contribution is -2.60. The molecular weight excluding hydrogens is 312 g/mol. The Morgan fingerprint density at radius 3 is 2.46 bits per heavy atom. The molecule has 3 N–H and O–H groups in total. The first-order valence-electron chi connectivity index (χ1n) is 7.86. The lowest BCUT2D eigenvalue weighted by atomic mass is 9.99. The van der Waals surface area contributed by atoms with Crippen molar-refractivity contribution in [3.8, 4) is 5.75 Å². The number of methoxy groups -OCH3 is 1. The molecule has 0 spiro atoms. The molecule has 0 amide bonds. The summed E-state index contributed by atoms with van der Waals surface area (Å²) >= 11 is 0. The Labute approximate surface area is 140 Å². The van der Waals surface area contributed by atoms with Gasteiger partial charge in [-0.15, -0.1) is 0 Å². The van der Waals surface area contributed by atoms with Crippen LogP contribution in [0.5, 0.6) is 5.75 Å². The quantitative estimate of drug-likeness (QED) is 0.772. The molecule has 5 atom stereocenters. The first-order chi connectivity index (χ1) is 11.5. The Bertz CT molecular complexity index is 703. The van der Waals surface area contributed by atoms with E-state index in [1.807, 2.05) is 37.3 Å². The SMILES string of the molecule is CO[C@H]1[C@H](Oc2ccc3cc(C)ccc3c2)O[C@H](CO)[C@H](O)[C@@H]1O. The fourth-order valence-corrected chi connectivity index (χ4v) is 2.95. The van der Waals surface area contributed by atoms with Gasteiger partial charge in [-0.25, -0.2) is 0 Å². The third-order valence-electron chi connectivity index (χ3n) is 4.32. The number of aliphatic hydroxyl groups excluding tert-OH is 3. The van der Waals surface area contributed by atoms with Crippen molar-refractivity contribution in [2.45, 2.75) is 37.6 Å². The summed E-state index contributed by atoms with van der Waals surface area (Å²) in [6, 6.07) is 11.7. The predicted octanol–water partition coefficient (Wildman–Crippen LogP) is 0.981. The molecule has 0 saturated carbocycles. The van der Waals surface area contributed by atoms with Crippen LogP contribution < -0.4 is 4.74 Å². The standard InChI is InChI=1S/C18H22O6/c1-10-3-4-12-8-13(6-5-11(12)7-10)23-18-17(22-2)16(21)15(20)14(9-19)24-18/h3-8,14-21H,9H2,1-2H3/t14-,15+,16+,17-,18-/m1/s1. The number of aliphatic hydroxyl groups is 3. The molecule has 2 aromatic carbocycles. The van der Waals surface area contributed by atoms with E-state index in [4.69, 9.17) is 14.2 Å². The van der Waals surface area contributed by atoms with E-state index in [0.29, 0.717) is 5.75 Å². The second-order valence-corrected chi connectivity index (χ2v) is 6.04. The average Bonchev–Trinajstić information content (AvgIpc) is 2.58. The minimum Gasteiger partial charge on any atom is -0.462 e. The van der Waals surface area contributed by atoms with Gasteiger partial charge in [-0.05, 0) is 29.8 Å². The van der Waals surface area contributed by atoms with Crippen molar-refractivity contribution >= 4 is 10.8 Å². The zero-order chi connectivity index (χ0) is 17.3. The largest absolute Gasteiger partial charge is 0.462 e. The summed E-state index contributed by atoms with van der Waals surface area (Å²) in [7, 11) is 1.41. The molecule has 1 aliphatic heterocycles. The van der Waals surface area contributed by atoms with E-state index in [0.717, 1.165) is 10.8 Å². The second-order valence-electron chi connectivity index (χ2n) is 6.04. The molecule has 2 aromatic rings. The van der Waals surface area contributed by atoms with Crippen molar-refractivity contribution in [3.63, 3.8) is 0 Å². The van der Waals surface area contributed by atoms with E-state index in [-0.39, 0.29) is 0 Å². The number of ether oxygens (including phenoxy) is 3. The van der Waals surface area contributed by atoms with Gasteiger partial charge in [0.1, 0.15) is 30.2 Å². The van der Waals surface area contributed by atoms with Gasteiger partial charge in [0, 0.05) is 7.11 Å². The highest BCUT2D eigenvalue weighted by atomic mass is 16.7. The van der Waals surface area contributed by atoms with Crippen molar-refractivity contribution in [2.75, 3.05) is 13.7 Å². The Morgan fingerprint density at radius 2 is 1.75 bits per heavy atom. The van der Waals surface area contributed by atoms with E-state index in [1.165, 1.54) is 12.7 Å². The molecule has 1 fully saturated rings. The van der Waals surface area contributed by atoms with Crippen LogP contribution in [0.2, 0.25) is 0 Å². The van der Waals surface area contributed by atoms with Gasteiger partial charge in [-0.1, -0.05) is 29.8 Å². The normalized spacial score (nSPS) is 30.5. The van der Waals surface area contributed by atoms with Crippen LogP contribution in [-0.4, -0.2) is 59.7 Å². The van der Waals surface area contributed by atoms with Gasteiger partial charge < -0.3 is 29.5 Å². The number of aryl methyl sites for hydroxylation is 1. The lowest BCUT2D eigenvalue weighted by molar-refractivity contribution is -0.282. The highest BCUT2D eigenvalue weighted by Gasteiger charge is 2.45. The van der Waals surface area contributed by atoms with Gasteiger partial charge in [0.25, 0.3) is 0 Å². The summed E-state index contributed by atoms with van der Waals surface area (Å²) in [5, 5.41) is 31.5. The molecule has 1 heterocycles. The number of hydrogen-bond acceptors (Lipinski definition) is 6. The van der Waals surface area contributed by atoms with Crippen LogP contribution in [0.1, 0.15) is 5.56 Å². The van der Waals surface area contributed by atoms with Gasteiger partial charge >= 0.3 is 0 Å². The van der Waals surface area contributed by atoms with Crippen LogP contribution >= 0.6 is 0 Å². The number of benzene rings is 2. The van der Waals surface area contributed by atoms with Crippen LogP contribution in [0.4, 0.5) is 0 Å². The first kappa shape index (κ1) is 17.1. The summed E-state index contributed by atoms with van der Waals surface area (Å²) in [5.41, 5.74) is 1.18. The minimum atomic E-state index is -1.24. The van der Waals surface area contributed by atoms with Gasteiger partial charge in [0.15, 0.2) is 0 Å². The second kappa shape index (κ2) is 7.04. The summed E-state index contributed by atoms with van der Waals surface area (Å²) in [4.78, 5) is 0. The fraction of sp³-hybridized carbons (Fsp3) is 0.444. The van der Waals surface area contributed by atoms with Crippen molar-refractivity contribution in [3.05, 3.63) is 42.0 Å². The van der Waals surface area contributed by atoms with Crippen LogP contribution in [-0.2, 0) is 9.47 Å². The zero-order valence-electron chi connectivity index (χ0n) is 13.6. The Hall–Kier alpha value is -1.70. The molecule has 6 heteroatoms. The maximum Gasteiger partial charge on any atom is 0.229 e. The fourth-order valence-electron chi connectivity index (χ4n) is 2.95. The molecule has 0 aromatic heterocycles. The van der Waals surface area contributed by atoms with E-state index >= 15 is 0 Å². The summed E-state index contributed by atoms with van der Waals surface area (Å²) in [6.07, 6.45) is -5.18. The minimum absolute atomic E-state index is 0.425. The number of fused-ring (bicyclic) bond motifs is 1. The van der Waals surface area contributed by atoms with Crippen molar-refractivity contribution in [1.29, 1.82) is 0 Å². The molecule has 0 radical (unpaired) electrons. The Kier molecular flexibility index (Phi) is 5.03. The Morgan fingerprint density at radius 1 is 1.04 bits per heavy atom. The summed E-state index contributed by atoms with van der Waals surface area (Å²) < 4.78 is 16.6. The average molecular weight is 334 g/mol. The molecule has 0 bridgehead atoms. The van der Waals surface area contributed by atoms with Gasteiger partial charge in [-0.2, -0.15) is 0 Å². The van der Waals surface area contributed by atoms with Crippen molar-refractivity contribution in [2.24, 2.45) is 0 Å². The Balaban J connectivity index is 1.84. The molecule has 0 unspecified atom stereocenters. The molecule has 24 heavy (non-hydrogen) atoms. The highest BCUT2D eigenvalue weighted by molar-refractivity contribution is 5.84. The van der Waals surface area contributed by atoms with E-state index in [1.54, 1.807) is 0 Å². The number of hydrogen-bond donors (Lipinski definition) is 3. The van der Waals surface area contributed by atoms with E-state index in [2.05, 4.69) is 6.07 Å². The third kappa shape index (κ3) is 3.24. The maximum atomic E-state index is 10.1. The third-order valence-corrected chi connectivity index (χ3v) is 4.32. The van der Waals surface area contributed by atoms with Crippen molar-refractivity contribution in [1.82, 2.24) is 0 Å².